The quantitative estimate of drug-likeness (QED) is 0.480. The summed E-state index contributed by atoms with van der Waals surface area (Å²) < 4.78 is 5.63. The molecule has 4 heteroatoms. The molecule has 0 radical (unpaired) electrons. The molecule has 27 heavy (non-hydrogen) atoms. The van der Waals surface area contributed by atoms with Crippen LogP contribution in [0.4, 0.5) is 0 Å². The van der Waals surface area contributed by atoms with E-state index in [9.17, 15) is 4.79 Å². The van der Waals surface area contributed by atoms with E-state index in [2.05, 4.69) is 9.97 Å². The fourth-order valence-corrected chi connectivity index (χ4v) is 2.79. The van der Waals surface area contributed by atoms with Crippen LogP contribution in [-0.2, 0) is 0 Å². The number of aryl methyl sites for hydroxylation is 1. The van der Waals surface area contributed by atoms with Crippen molar-refractivity contribution in [3.05, 3.63) is 90.1 Å². The first-order valence-corrected chi connectivity index (χ1v) is 8.74. The van der Waals surface area contributed by atoms with E-state index in [1.165, 1.54) is 0 Å². The molecule has 4 rings (SSSR count). The normalized spacial score (nSPS) is 10.7. The summed E-state index contributed by atoms with van der Waals surface area (Å²) in [6, 6.07) is 22.8. The summed E-state index contributed by atoms with van der Waals surface area (Å²) in [4.78, 5) is 21.3. The maximum atomic E-state index is 12.2. The van der Waals surface area contributed by atoms with Crippen molar-refractivity contribution in [2.75, 3.05) is 6.61 Å². The summed E-state index contributed by atoms with van der Waals surface area (Å²) in [5.74, 6) is 0.604. The van der Waals surface area contributed by atoms with E-state index in [1.54, 1.807) is 6.20 Å². The topological polar surface area (TPSA) is 52.1 Å². The van der Waals surface area contributed by atoms with Gasteiger partial charge < -0.3 is 4.74 Å². The lowest BCUT2D eigenvalue weighted by Crippen LogP contribution is -2.11. The third kappa shape index (κ3) is 3.85. The standard InChI is InChI=1S/C23H18N2O2/c1-16-6-8-18(9-7-16)23(26)15-27-19-12-10-17(11-13-19)22-14-24-20-4-2-3-5-21(20)25-22/h2-14H,15H2,1H3. The van der Waals surface area contributed by atoms with Crippen molar-refractivity contribution in [2.45, 2.75) is 6.92 Å². The Kier molecular flexibility index (Phi) is 4.62. The summed E-state index contributed by atoms with van der Waals surface area (Å²) in [6.45, 7) is 2.00. The number of aromatic nitrogens is 2. The van der Waals surface area contributed by atoms with Gasteiger partial charge >= 0.3 is 0 Å². The van der Waals surface area contributed by atoms with Crippen LogP contribution >= 0.6 is 0 Å². The lowest BCUT2D eigenvalue weighted by Gasteiger charge is -2.07. The van der Waals surface area contributed by atoms with Gasteiger partial charge in [-0.1, -0.05) is 42.0 Å². The zero-order chi connectivity index (χ0) is 18.6. The van der Waals surface area contributed by atoms with Gasteiger partial charge in [0.1, 0.15) is 5.75 Å². The van der Waals surface area contributed by atoms with Crippen molar-refractivity contribution >= 4 is 16.8 Å². The number of ether oxygens (including phenoxy) is 1. The van der Waals surface area contributed by atoms with E-state index < -0.39 is 0 Å². The van der Waals surface area contributed by atoms with Crippen LogP contribution in [0.5, 0.6) is 5.75 Å². The highest BCUT2D eigenvalue weighted by molar-refractivity contribution is 5.97. The predicted molar refractivity (Wildman–Crippen MR) is 106 cm³/mol. The van der Waals surface area contributed by atoms with Gasteiger partial charge in [0.2, 0.25) is 0 Å². The number of rotatable bonds is 5. The first-order valence-electron chi connectivity index (χ1n) is 8.74. The van der Waals surface area contributed by atoms with Crippen molar-refractivity contribution < 1.29 is 9.53 Å². The number of benzene rings is 3. The molecular formula is C23H18N2O2. The van der Waals surface area contributed by atoms with Crippen molar-refractivity contribution in [3.63, 3.8) is 0 Å². The van der Waals surface area contributed by atoms with Gasteiger partial charge in [-0.2, -0.15) is 0 Å². The van der Waals surface area contributed by atoms with Crippen LogP contribution in [0.3, 0.4) is 0 Å². The van der Waals surface area contributed by atoms with Gasteiger partial charge in [0.15, 0.2) is 12.4 Å². The van der Waals surface area contributed by atoms with Crippen LogP contribution < -0.4 is 4.74 Å². The van der Waals surface area contributed by atoms with Gasteiger partial charge in [-0.25, -0.2) is 4.98 Å². The summed E-state index contributed by atoms with van der Waals surface area (Å²) >= 11 is 0. The van der Waals surface area contributed by atoms with E-state index in [1.807, 2.05) is 79.7 Å². The van der Waals surface area contributed by atoms with Crippen molar-refractivity contribution in [3.8, 4) is 17.0 Å². The van der Waals surface area contributed by atoms with Gasteiger partial charge in [-0.05, 0) is 43.3 Å². The molecule has 132 valence electrons. The molecule has 3 aromatic carbocycles. The maximum absolute atomic E-state index is 12.2. The van der Waals surface area contributed by atoms with Gasteiger partial charge in [0.25, 0.3) is 0 Å². The van der Waals surface area contributed by atoms with Crippen LogP contribution in [0.2, 0.25) is 0 Å². The van der Waals surface area contributed by atoms with Gasteiger partial charge in [-0.3, -0.25) is 9.78 Å². The molecule has 0 saturated carbocycles. The lowest BCUT2D eigenvalue weighted by molar-refractivity contribution is 0.0921. The third-order valence-electron chi connectivity index (χ3n) is 4.34. The van der Waals surface area contributed by atoms with Crippen LogP contribution in [0.1, 0.15) is 15.9 Å². The zero-order valence-electron chi connectivity index (χ0n) is 14.9. The Bertz CT molecular complexity index is 1090. The Labute approximate surface area is 157 Å². The Morgan fingerprint density at radius 2 is 1.59 bits per heavy atom. The zero-order valence-corrected chi connectivity index (χ0v) is 14.9. The maximum Gasteiger partial charge on any atom is 0.200 e. The first-order chi connectivity index (χ1) is 13.2. The molecule has 0 amide bonds. The summed E-state index contributed by atoms with van der Waals surface area (Å²) in [6.07, 6.45) is 1.76. The van der Waals surface area contributed by atoms with Gasteiger partial charge in [0.05, 0.1) is 22.9 Å². The van der Waals surface area contributed by atoms with E-state index in [0.717, 1.165) is 27.9 Å². The van der Waals surface area contributed by atoms with Crippen LogP contribution in [0.15, 0.2) is 79.0 Å². The molecule has 0 bridgehead atoms. The number of hydrogen-bond donors (Lipinski definition) is 0. The average molecular weight is 354 g/mol. The largest absolute Gasteiger partial charge is 0.485 e. The smallest absolute Gasteiger partial charge is 0.200 e. The number of Topliss-reactive ketones (excluding diaryl/α,β-unsaturated/α-hetero) is 1. The molecule has 4 nitrogen and oxygen atoms in total. The van der Waals surface area contributed by atoms with Crippen molar-refractivity contribution in [1.29, 1.82) is 0 Å². The molecule has 0 aliphatic carbocycles. The molecule has 1 aromatic heterocycles. The molecule has 0 spiro atoms. The lowest BCUT2D eigenvalue weighted by atomic mass is 10.1. The van der Waals surface area contributed by atoms with E-state index in [0.29, 0.717) is 11.3 Å². The molecule has 0 saturated heterocycles. The minimum Gasteiger partial charge on any atom is -0.485 e. The molecule has 1 heterocycles. The summed E-state index contributed by atoms with van der Waals surface area (Å²) in [7, 11) is 0. The number of para-hydroxylation sites is 2. The second-order valence-corrected chi connectivity index (χ2v) is 6.35. The fourth-order valence-electron chi connectivity index (χ4n) is 2.79. The number of hydrogen-bond acceptors (Lipinski definition) is 4. The monoisotopic (exact) mass is 354 g/mol. The Morgan fingerprint density at radius 1 is 0.889 bits per heavy atom. The molecule has 0 atom stereocenters. The molecule has 0 N–H and O–H groups in total. The Balaban J connectivity index is 1.45. The summed E-state index contributed by atoms with van der Waals surface area (Å²) in [5.41, 5.74) is 5.26. The molecule has 0 aliphatic rings. The molecule has 0 aliphatic heterocycles. The van der Waals surface area contributed by atoms with Crippen LogP contribution in [-0.4, -0.2) is 22.4 Å². The first kappa shape index (κ1) is 16.9. The molecule has 0 fully saturated rings. The number of carbonyl (C=O) groups excluding carboxylic acids is 1. The van der Waals surface area contributed by atoms with Crippen LogP contribution in [0.25, 0.3) is 22.3 Å². The van der Waals surface area contributed by atoms with E-state index >= 15 is 0 Å². The molecule has 4 aromatic rings. The Morgan fingerprint density at radius 3 is 2.33 bits per heavy atom. The highest BCUT2D eigenvalue weighted by Gasteiger charge is 2.07. The molecule has 0 unspecified atom stereocenters. The second-order valence-electron chi connectivity index (χ2n) is 6.35. The number of ketones is 1. The summed E-state index contributed by atoms with van der Waals surface area (Å²) in [5, 5.41) is 0. The van der Waals surface area contributed by atoms with Crippen LogP contribution in [0, 0.1) is 6.92 Å². The minimum absolute atomic E-state index is 0.0121. The van der Waals surface area contributed by atoms with Gasteiger partial charge in [-0.15, -0.1) is 0 Å². The average Bonchev–Trinajstić information content (AvgIpc) is 2.72. The third-order valence-corrected chi connectivity index (χ3v) is 4.34. The number of carbonyl (C=O) groups is 1. The highest BCUT2D eigenvalue weighted by Crippen LogP contribution is 2.22. The minimum atomic E-state index is -0.0422. The number of nitrogens with zero attached hydrogens (tertiary/aromatic N) is 2. The predicted octanol–water partition coefficient (Wildman–Crippen LogP) is 4.87. The molecular weight excluding hydrogens is 336 g/mol. The second kappa shape index (κ2) is 7.38. The van der Waals surface area contributed by atoms with E-state index in [4.69, 9.17) is 4.74 Å². The fraction of sp³-hybridized carbons (Fsp3) is 0.0870. The SMILES string of the molecule is Cc1ccc(C(=O)COc2ccc(-c3cnc4ccccc4n3)cc2)cc1. The number of fused-ring (bicyclic) bond motifs is 1. The van der Waals surface area contributed by atoms with Gasteiger partial charge in [0, 0.05) is 11.1 Å². The highest BCUT2D eigenvalue weighted by atomic mass is 16.5. The van der Waals surface area contributed by atoms with Crippen molar-refractivity contribution in [2.24, 2.45) is 0 Å². The van der Waals surface area contributed by atoms with E-state index in [-0.39, 0.29) is 12.4 Å². The van der Waals surface area contributed by atoms with Crippen molar-refractivity contribution in [1.82, 2.24) is 9.97 Å². The Hall–Kier alpha value is -3.53.